The van der Waals surface area contributed by atoms with Gasteiger partial charge < -0.3 is 9.47 Å². The molecule has 0 N–H and O–H groups in total. The zero-order valence-corrected chi connectivity index (χ0v) is 14.1. The molecule has 0 bridgehead atoms. The molecule has 0 radical (unpaired) electrons. The van der Waals surface area contributed by atoms with Crippen LogP contribution in [0.4, 0.5) is 0 Å². The number of nitrogens with zero attached hydrogens (tertiary/aromatic N) is 1. The van der Waals surface area contributed by atoms with Crippen LogP contribution in [0.3, 0.4) is 0 Å². The number of fused-ring (bicyclic) bond motifs is 1. The van der Waals surface area contributed by atoms with Crippen molar-refractivity contribution in [3.63, 3.8) is 0 Å². The lowest BCUT2D eigenvalue weighted by atomic mass is 10.1. The third-order valence-electron chi connectivity index (χ3n) is 2.88. The Morgan fingerprint density at radius 3 is 2.64 bits per heavy atom. The smallest absolute Gasteiger partial charge is 0.340 e. The van der Waals surface area contributed by atoms with Crippen molar-refractivity contribution in [2.24, 2.45) is 0 Å². The van der Waals surface area contributed by atoms with Crippen LogP contribution < -0.4 is 0 Å². The van der Waals surface area contributed by atoms with Gasteiger partial charge in [-0.25, -0.2) is 9.59 Å². The molecule has 0 amide bonds. The standard InChI is InChI=1S/C16H16BrNO4/c1-4-21-16(20)12-8-18-13-7-10(15(19)22-9(2)3)5-6-11(13)14(12)17/h5-9H,4H2,1-3H3. The van der Waals surface area contributed by atoms with Crippen molar-refractivity contribution in [3.05, 3.63) is 40.0 Å². The van der Waals surface area contributed by atoms with Gasteiger partial charge in [0.05, 0.1) is 29.4 Å². The van der Waals surface area contributed by atoms with Crippen molar-refractivity contribution in [2.75, 3.05) is 6.61 Å². The summed E-state index contributed by atoms with van der Waals surface area (Å²) in [5.74, 6) is -0.837. The molecule has 1 aromatic heterocycles. The maximum Gasteiger partial charge on any atom is 0.340 e. The average Bonchev–Trinajstić information content (AvgIpc) is 2.46. The number of halogens is 1. The van der Waals surface area contributed by atoms with Crippen molar-refractivity contribution in [1.82, 2.24) is 4.98 Å². The number of ether oxygens (including phenoxy) is 2. The van der Waals surface area contributed by atoms with E-state index in [2.05, 4.69) is 20.9 Å². The minimum atomic E-state index is -0.438. The number of esters is 2. The van der Waals surface area contributed by atoms with Crippen LogP contribution in [0.15, 0.2) is 28.9 Å². The van der Waals surface area contributed by atoms with Gasteiger partial charge in [-0.05, 0) is 48.8 Å². The summed E-state index contributed by atoms with van der Waals surface area (Å²) in [6, 6.07) is 5.01. The summed E-state index contributed by atoms with van der Waals surface area (Å²) in [5.41, 5.74) is 1.37. The van der Waals surface area contributed by atoms with E-state index in [1.807, 2.05) is 0 Å². The van der Waals surface area contributed by atoms with Gasteiger partial charge in [-0.3, -0.25) is 4.98 Å². The van der Waals surface area contributed by atoms with Crippen molar-refractivity contribution in [3.8, 4) is 0 Å². The first-order chi connectivity index (χ1) is 10.4. The Bertz CT molecular complexity index is 727. The van der Waals surface area contributed by atoms with E-state index in [4.69, 9.17) is 9.47 Å². The van der Waals surface area contributed by atoms with Crippen LogP contribution in [0, 0.1) is 0 Å². The minimum Gasteiger partial charge on any atom is -0.462 e. The fraction of sp³-hybridized carbons (Fsp3) is 0.312. The summed E-state index contributed by atoms with van der Waals surface area (Å²) < 4.78 is 10.7. The molecule has 2 aromatic rings. The highest BCUT2D eigenvalue weighted by molar-refractivity contribution is 9.10. The summed E-state index contributed by atoms with van der Waals surface area (Å²) in [7, 11) is 0. The van der Waals surface area contributed by atoms with Crippen LogP contribution >= 0.6 is 15.9 Å². The zero-order chi connectivity index (χ0) is 16.3. The van der Waals surface area contributed by atoms with E-state index in [0.717, 1.165) is 5.39 Å². The molecule has 6 heteroatoms. The van der Waals surface area contributed by atoms with Gasteiger partial charge in [0.15, 0.2) is 0 Å². The van der Waals surface area contributed by atoms with Crippen LogP contribution in [0.5, 0.6) is 0 Å². The van der Waals surface area contributed by atoms with Crippen molar-refractivity contribution in [2.45, 2.75) is 26.9 Å². The Hall–Kier alpha value is -1.95. The van der Waals surface area contributed by atoms with E-state index in [1.165, 1.54) is 6.20 Å². The number of hydrogen-bond donors (Lipinski definition) is 0. The number of carbonyl (C=O) groups is 2. The van der Waals surface area contributed by atoms with Gasteiger partial charge in [-0.15, -0.1) is 0 Å². The lowest BCUT2D eigenvalue weighted by Gasteiger charge is -2.10. The number of rotatable bonds is 4. The maximum absolute atomic E-state index is 11.9. The molecule has 0 atom stereocenters. The third kappa shape index (κ3) is 3.44. The van der Waals surface area contributed by atoms with Gasteiger partial charge >= 0.3 is 11.9 Å². The van der Waals surface area contributed by atoms with Gasteiger partial charge in [0.2, 0.25) is 0 Å². The molecule has 0 aliphatic carbocycles. The predicted octanol–water partition coefficient (Wildman–Crippen LogP) is 3.74. The van der Waals surface area contributed by atoms with E-state index in [-0.39, 0.29) is 6.10 Å². The number of aromatic nitrogens is 1. The lowest BCUT2D eigenvalue weighted by Crippen LogP contribution is -2.11. The molecule has 22 heavy (non-hydrogen) atoms. The summed E-state index contributed by atoms with van der Waals surface area (Å²) in [6.45, 7) is 5.62. The van der Waals surface area contributed by atoms with Gasteiger partial charge in [0, 0.05) is 16.1 Å². The first-order valence-corrected chi connectivity index (χ1v) is 7.69. The molecule has 0 aliphatic rings. The van der Waals surface area contributed by atoms with Gasteiger partial charge in [-0.2, -0.15) is 0 Å². The fourth-order valence-electron chi connectivity index (χ4n) is 1.92. The number of hydrogen-bond acceptors (Lipinski definition) is 5. The molecule has 0 fully saturated rings. The van der Waals surface area contributed by atoms with Gasteiger partial charge in [0.1, 0.15) is 0 Å². The molecule has 0 saturated heterocycles. The first kappa shape index (κ1) is 16.4. The third-order valence-corrected chi connectivity index (χ3v) is 3.73. The quantitative estimate of drug-likeness (QED) is 0.772. The highest BCUT2D eigenvalue weighted by Crippen LogP contribution is 2.27. The molecule has 5 nitrogen and oxygen atoms in total. The van der Waals surface area contributed by atoms with Gasteiger partial charge in [0.25, 0.3) is 0 Å². The van der Waals surface area contributed by atoms with E-state index in [0.29, 0.717) is 27.7 Å². The second-order valence-corrected chi connectivity index (χ2v) is 5.69. The van der Waals surface area contributed by atoms with E-state index in [1.54, 1.807) is 39.0 Å². The van der Waals surface area contributed by atoms with Gasteiger partial charge in [-0.1, -0.05) is 6.07 Å². The summed E-state index contributed by atoms with van der Waals surface area (Å²) >= 11 is 3.40. The van der Waals surface area contributed by atoms with Crippen LogP contribution in [0.25, 0.3) is 10.9 Å². The number of pyridine rings is 1. The minimum absolute atomic E-state index is 0.186. The Kier molecular flexibility index (Phi) is 5.13. The number of carbonyl (C=O) groups excluding carboxylic acids is 2. The molecular weight excluding hydrogens is 350 g/mol. The van der Waals surface area contributed by atoms with Crippen LogP contribution in [-0.4, -0.2) is 29.6 Å². The van der Waals surface area contributed by atoms with E-state index in [9.17, 15) is 9.59 Å². The predicted molar refractivity (Wildman–Crippen MR) is 86.0 cm³/mol. The molecule has 1 heterocycles. The topological polar surface area (TPSA) is 65.5 Å². The molecule has 1 aromatic carbocycles. The second-order valence-electron chi connectivity index (χ2n) is 4.89. The summed E-state index contributed by atoms with van der Waals surface area (Å²) in [5, 5.41) is 0.728. The molecular formula is C16H16BrNO4. The zero-order valence-electron chi connectivity index (χ0n) is 12.6. The summed E-state index contributed by atoms with van der Waals surface area (Å²) in [4.78, 5) is 28.0. The normalized spacial score (nSPS) is 10.8. The Morgan fingerprint density at radius 2 is 2.00 bits per heavy atom. The molecule has 0 unspecified atom stereocenters. The monoisotopic (exact) mass is 365 g/mol. The molecule has 0 saturated carbocycles. The van der Waals surface area contributed by atoms with Crippen molar-refractivity contribution in [1.29, 1.82) is 0 Å². The molecule has 0 spiro atoms. The highest BCUT2D eigenvalue weighted by Gasteiger charge is 2.16. The van der Waals surface area contributed by atoms with Crippen LogP contribution in [0.1, 0.15) is 41.5 Å². The first-order valence-electron chi connectivity index (χ1n) is 6.90. The van der Waals surface area contributed by atoms with E-state index < -0.39 is 11.9 Å². The fourth-order valence-corrected chi connectivity index (χ4v) is 2.52. The van der Waals surface area contributed by atoms with Crippen LogP contribution in [-0.2, 0) is 9.47 Å². The second kappa shape index (κ2) is 6.87. The van der Waals surface area contributed by atoms with Crippen molar-refractivity contribution < 1.29 is 19.1 Å². The number of benzene rings is 1. The Balaban J connectivity index is 2.42. The lowest BCUT2D eigenvalue weighted by molar-refractivity contribution is 0.0377. The average molecular weight is 366 g/mol. The Labute approximate surface area is 136 Å². The maximum atomic E-state index is 11.9. The molecule has 0 aliphatic heterocycles. The van der Waals surface area contributed by atoms with Crippen molar-refractivity contribution >= 4 is 38.8 Å². The highest BCUT2D eigenvalue weighted by atomic mass is 79.9. The molecule has 116 valence electrons. The van der Waals surface area contributed by atoms with E-state index >= 15 is 0 Å². The Morgan fingerprint density at radius 1 is 1.27 bits per heavy atom. The molecule has 2 rings (SSSR count). The SMILES string of the molecule is CCOC(=O)c1cnc2cc(C(=O)OC(C)C)ccc2c1Br. The summed E-state index contributed by atoms with van der Waals surface area (Å²) in [6.07, 6.45) is 1.25. The van der Waals surface area contributed by atoms with Crippen LogP contribution in [0.2, 0.25) is 0 Å². The largest absolute Gasteiger partial charge is 0.462 e.